The topological polar surface area (TPSA) is 95.2 Å². The molecule has 2 aliphatic carbocycles. The second-order valence-corrected chi connectivity index (χ2v) is 10.3. The van der Waals surface area contributed by atoms with Gasteiger partial charge in [0.05, 0.1) is 27.3 Å². The molecule has 0 spiro atoms. The van der Waals surface area contributed by atoms with Crippen molar-refractivity contribution in [2.75, 3.05) is 0 Å². The van der Waals surface area contributed by atoms with E-state index < -0.39 is 15.8 Å². The Hall–Kier alpha value is -3.35. The maximum absolute atomic E-state index is 13.8. The average molecular weight is 446 g/mol. The molecule has 1 aromatic heterocycles. The lowest BCUT2D eigenvalue weighted by atomic mass is 9.64. The fourth-order valence-electron chi connectivity index (χ4n) is 5.77. The minimum atomic E-state index is -0.973. The first-order chi connectivity index (χ1) is 15.5. The Kier molecular flexibility index (Phi) is 4.45. The molecule has 0 aliphatic heterocycles. The second-order valence-electron chi connectivity index (χ2n) is 10.3. The Morgan fingerprint density at radius 1 is 1.00 bits per heavy atom. The highest BCUT2D eigenvalue weighted by atomic mass is 16.6. The van der Waals surface area contributed by atoms with E-state index in [1.54, 1.807) is 6.07 Å². The lowest BCUT2D eigenvalue weighted by molar-refractivity contribution is -0.384. The number of non-ortho nitro benzene ring substituents is 1. The Morgan fingerprint density at radius 2 is 1.67 bits per heavy atom. The third-order valence-corrected chi connectivity index (χ3v) is 8.34. The molecule has 0 amide bonds. The van der Waals surface area contributed by atoms with E-state index in [0.29, 0.717) is 34.8 Å². The molecule has 170 valence electrons. The van der Waals surface area contributed by atoms with E-state index in [2.05, 4.69) is 34.6 Å². The van der Waals surface area contributed by atoms with Crippen LogP contribution in [0.3, 0.4) is 0 Å². The molecule has 7 nitrogen and oxygen atoms in total. The van der Waals surface area contributed by atoms with E-state index in [1.807, 2.05) is 24.3 Å². The van der Waals surface area contributed by atoms with Crippen molar-refractivity contribution in [3.63, 3.8) is 0 Å². The van der Waals surface area contributed by atoms with E-state index in [9.17, 15) is 14.9 Å². The number of hydrogen-bond acceptors (Lipinski definition) is 6. The van der Waals surface area contributed by atoms with Gasteiger partial charge in [0, 0.05) is 17.5 Å². The molecule has 33 heavy (non-hydrogen) atoms. The first-order valence-corrected chi connectivity index (χ1v) is 11.3. The van der Waals surface area contributed by atoms with Crippen LogP contribution in [-0.4, -0.2) is 20.9 Å². The number of nitro groups is 1. The molecular formula is C26H27N3O4. The molecule has 1 heterocycles. The summed E-state index contributed by atoms with van der Waals surface area (Å²) in [6, 6.07) is 12.1. The van der Waals surface area contributed by atoms with Gasteiger partial charge in [-0.1, -0.05) is 46.8 Å². The van der Waals surface area contributed by atoms with Gasteiger partial charge in [0.2, 0.25) is 0 Å². The van der Waals surface area contributed by atoms with Gasteiger partial charge in [-0.3, -0.25) is 14.9 Å². The number of aromatic nitrogens is 2. The van der Waals surface area contributed by atoms with Crippen molar-refractivity contribution >= 4 is 22.7 Å². The maximum Gasteiger partial charge on any atom is 0.324 e. The lowest BCUT2D eigenvalue weighted by Gasteiger charge is -2.38. The summed E-state index contributed by atoms with van der Waals surface area (Å²) in [5.74, 6) is 0.546. The fourth-order valence-corrected chi connectivity index (χ4v) is 5.77. The molecule has 7 heteroatoms. The maximum atomic E-state index is 13.8. The first-order valence-electron chi connectivity index (χ1n) is 11.3. The molecular weight excluding hydrogens is 418 g/mol. The monoisotopic (exact) mass is 445 g/mol. The number of nitro benzene ring substituents is 1. The van der Waals surface area contributed by atoms with Crippen LogP contribution in [0.5, 0.6) is 5.75 Å². The van der Waals surface area contributed by atoms with Gasteiger partial charge in [0.15, 0.2) is 0 Å². The average Bonchev–Trinajstić information content (AvgIpc) is 3.07. The number of nitrogens with zero attached hydrogens (tertiary/aromatic N) is 3. The van der Waals surface area contributed by atoms with Crippen molar-refractivity contribution in [1.29, 1.82) is 0 Å². The number of ether oxygens (including phenoxy) is 1. The molecule has 1 saturated carbocycles. The number of carbonyl (C=O) groups is 1. The van der Waals surface area contributed by atoms with Crippen LogP contribution >= 0.6 is 0 Å². The highest BCUT2D eigenvalue weighted by molar-refractivity contribution is 5.90. The summed E-state index contributed by atoms with van der Waals surface area (Å²) in [4.78, 5) is 34.4. The van der Waals surface area contributed by atoms with E-state index in [4.69, 9.17) is 14.7 Å². The van der Waals surface area contributed by atoms with Crippen LogP contribution in [-0.2, 0) is 15.6 Å². The van der Waals surface area contributed by atoms with Gasteiger partial charge in [-0.25, -0.2) is 9.97 Å². The zero-order valence-corrected chi connectivity index (χ0v) is 19.5. The summed E-state index contributed by atoms with van der Waals surface area (Å²) in [6.07, 6.45) is 1.39. The van der Waals surface area contributed by atoms with Gasteiger partial charge < -0.3 is 4.74 Å². The molecule has 2 bridgehead atoms. The van der Waals surface area contributed by atoms with Crippen molar-refractivity contribution in [2.24, 2.45) is 5.41 Å². The Balaban J connectivity index is 1.63. The first kappa shape index (κ1) is 21.5. The summed E-state index contributed by atoms with van der Waals surface area (Å²) in [7, 11) is 0. The van der Waals surface area contributed by atoms with Gasteiger partial charge >= 0.3 is 5.97 Å². The van der Waals surface area contributed by atoms with Crippen molar-refractivity contribution in [2.45, 2.75) is 64.2 Å². The Labute approximate surface area is 192 Å². The predicted octanol–water partition coefficient (Wildman–Crippen LogP) is 5.60. The van der Waals surface area contributed by atoms with Gasteiger partial charge in [0.25, 0.3) is 5.69 Å². The lowest BCUT2D eigenvalue weighted by Crippen LogP contribution is -2.48. The standard InChI is InChI=1S/C26H27N3O4/c1-15(2)16-6-9-18(10-7-16)33-23(30)26-13-12-25(5,24(26,3)4)21-22(26)28-20-14-17(29(31)32)8-11-19(20)27-21/h6-11,14-15H,12-13H2,1-5H3. The summed E-state index contributed by atoms with van der Waals surface area (Å²) >= 11 is 0. The summed E-state index contributed by atoms with van der Waals surface area (Å²) < 4.78 is 5.95. The minimum Gasteiger partial charge on any atom is -0.426 e. The highest BCUT2D eigenvalue weighted by Crippen LogP contribution is 2.70. The van der Waals surface area contributed by atoms with Crippen LogP contribution in [0, 0.1) is 15.5 Å². The predicted molar refractivity (Wildman–Crippen MR) is 124 cm³/mol. The zero-order valence-electron chi connectivity index (χ0n) is 19.5. The molecule has 5 rings (SSSR count). The van der Waals surface area contributed by atoms with Crippen molar-refractivity contribution in [1.82, 2.24) is 9.97 Å². The molecule has 2 aromatic carbocycles. The van der Waals surface area contributed by atoms with Crippen molar-refractivity contribution in [3.8, 4) is 5.75 Å². The molecule has 3 aromatic rings. The quantitative estimate of drug-likeness (QED) is 0.225. The number of hydrogen-bond donors (Lipinski definition) is 0. The number of carbonyl (C=O) groups excluding carboxylic acids is 1. The van der Waals surface area contributed by atoms with Crippen LogP contribution in [0.2, 0.25) is 0 Å². The van der Waals surface area contributed by atoms with Gasteiger partial charge in [-0.05, 0) is 47.9 Å². The number of fused-ring (bicyclic) bond motifs is 6. The SMILES string of the molecule is CC(C)c1ccc(OC(=O)C23CCC(C)(c4nc5ccc([N+](=O)[O-])cc5nc42)C3(C)C)cc1. The Bertz CT molecular complexity index is 1320. The van der Waals surface area contributed by atoms with Crippen LogP contribution in [0.15, 0.2) is 42.5 Å². The van der Waals surface area contributed by atoms with Gasteiger partial charge in [-0.15, -0.1) is 0 Å². The molecule has 2 unspecified atom stereocenters. The van der Waals surface area contributed by atoms with E-state index in [0.717, 1.165) is 12.1 Å². The Morgan fingerprint density at radius 3 is 2.30 bits per heavy atom. The highest BCUT2D eigenvalue weighted by Gasteiger charge is 2.74. The van der Waals surface area contributed by atoms with Crippen LogP contribution in [0.1, 0.15) is 70.3 Å². The smallest absolute Gasteiger partial charge is 0.324 e. The van der Waals surface area contributed by atoms with Crippen LogP contribution in [0.25, 0.3) is 11.0 Å². The van der Waals surface area contributed by atoms with Gasteiger partial charge in [0.1, 0.15) is 11.2 Å². The fraction of sp³-hybridized carbons (Fsp3) is 0.423. The molecule has 0 saturated heterocycles. The molecule has 2 atom stereocenters. The van der Waals surface area contributed by atoms with Gasteiger partial charge in [-0.2, -0.15) is 0 Å². The van der Waals surface area contributed by atoms with Crippen molar-refractivity contribution < 1.29 is 14.5 Å². The number of esters is 1. The third kappa shape index (κ3) is 2.71. The third-order valence-electron chi connectivity index (χ3n) is 8.34. The largest absolute Gasteiger partial charge is 0.426 e. The molecule has 2 aliphatic rings. The molecule has 0 radical (unpaired) electrons. The van der Waals surface area contributed by atoms with Crippen molar-refractivity contribution in [3.05, 3.63) is 69.5 Å². The molecule has 1 fully saturated rings. The van der Waals surface area contributed by atoms with E-state index >= 15 is 0 Å². The van der Waals surface area contributed by atoms with Crippen LogP contribution in [0.4, 0.5) is 5.69 Å². The van der Waals surface area contributed by atoms with Crippen LogP contribution < -0.4 is 4.74 Å². The van der Waals surface area contributed by atoms with E-state index in [1.165, 1.54) is 17.7 Å². The minimum absolute atomic E-state index is 0.0488. The summed E-state index contributed by atoms with van der Waals surface area (Å²) in [5, 5.41) is 11.3. The van der Waals surface area contributed by atoms with E-state index in [-0.39, 0.29) is 17.1 Å². The number of benzene rings is 2. The summed E-state index contributed by atoms with van der Waals surface area (Å²) in [5.41, 5.74) is 1.72. The normalized spacial score (nSPS) is 24.8. The number of rotatable bonds is 4. The summed E-state index contributed by atoms with van der Waals surface area (Å²) in [6.45, 7) is 10.5. The zero-order chi connectivity index (χ0) is 23.8. The second kappa shape index (κ2) is 6.83. The molecule has 0 N–H and O–H groups in total.